The SMILES string of the molecule is CCCCCC/C=C/C=C/CCCCCCCC(=O)OC[C@@H](COP(=O)(O)OC[C@H](N)C(=O)O)OC(=O)CCC/C=C/CCCCCCCCCCCCCCCCCCCC. The molecule has 0 radical (unpaired) electrons. The van der Waals surface area contributed by atoms with Crippen molar-refractivity contribution in [3.63, 3.8) is 0 Å². The fraction of sp³-hybridized carbons (Fsp3) is 0.820. The first-order valence-corrected chi connectivity index (χ1v) is 26.5. The Morgan fingerprint density at radius 1 is 0.500 bits per heavy atom. The zero-order valence-corrected chi connectivity index (χ0v) is 40.4. The molecule has 11 nitrogen and oxygen atoms in total. The van der Waals surface area contributed by atoms with E-state index < -0.39 is 51.1 Å². The summed E-state index contributed by atoms with van der Waals surface area (Å²) in [5, 5.41) is 8.91. The molecule has 0 aliphatic heterocycles. The lowest BCUT2D eigenvalue weighted by Crippen LogP contribution is -2.34. The number of hydrogen-bond acceptors (Lipinski definition) is 9. The van der Waals surface area contributed by atoms with Crippen molar-refractivity contribution in [2.24, 2.45) is 5.73 Å². The van der Waals surface area contributed by atoms with Crippen LogP contribution < -0.4 is 5.73 Å². The summed E-state index contributed by atoms with van der Waals surface area (Å²) in [5.41, 5.74) is 5.34. The molecule has 1 unspecified atom stereocenters. The van der Waals surface area contributed by atoms with E-state index >= 15 is 0 Å². The van der Waals surface area contributed by atoms with Gasteiger partial charge in [-0.25, -0.2) is 4.57 Å². The summed E-state index contributed by atoms with van der Waals surface area (Å²) in [6, 6.07) is -1.53. The maximum atomic E-state index is 12.7. The van der Waals surface area contributed by atoms with Crippen LogP contribution in [0.4, 0.5) is 0 Å². The number of aliphatic carboxylic acids is 1. The number of carboxylic acids is 1. The van der Waals surface area contributed by atoms with Crippen molar-refractivity contribution in [2.75, 3.05) is 19.8 Å². The third-order valence-electron chi connectivity index (χ3n) is 10.9. The minimum absolute atomic E-state index is 0.111. The van der Waals surface area contributed by atoms with Gasteiger partial charge in [-0.3, -0.25) is 23.4 Å². The maximum Gasteiger partial charge on any atom is 0.472 e. The number of carbonyl (C=O) groups is 3. The number of carboxylic acid groups (broad SMARTS) is 1. The summed E-state index contributed by atoms with van der Waals surface area (Å²) >= 11 is 0. The lowest BCUT2D eigenvalue weighted by atomic mass is 10.0. The largest absolute Gasteiger partial charge is 0.480 e. The molecular formula is C50H92NO10P. The summed E-state index contributed by atoms with van der Waals surface area (Å²) in [6.45, 7) is 2.77. The molecule has 0 aliphatic rings. The Balaban J connectivity index is 4.27. The summed E-state index contributed by atoms with van der Waals surface area (Å²) in [6.07, 6.45) is 50.8. The van der Waals surface area contributed by atoms with E-state index in [-0.39, 0.29) is 19.4 Å². The van der Waals surface area contributed by atoms with E-state index in [1.165, 1.54) is 135 Å². The third kappa shape index (κ3) is 44.3. The Hall–Kier alpha value is -2.30. The van der Waals surface area contributed by atoms with E-state index in [9.17, 15) is 23.8 Å². The number of unbranched alkanes of at least 4 members (excludes halogenated alkanes) is 28. The fourth-order valence-electron chi connectivity index (χ4n) is 6.94. The Bertz CT molecular complexity index is 1190. The van der Waals surface area contributed by atoms with E-state index in [2.05, 4.69) is 54.8 Å². The molecule has 0 aliphatic carbocycles. The number of allylic oxidation sites excluding steroid dienone is 6. The van der Waals surface area contributed by atoms with Gasteiger partial charge >= 0.3 is 25.7 Å². The summed E-state index contributed by atoms with van der Waals surface area (Å²) in [5.74, 6) is -2.43. The first-order chi connectivity index (χ1) is 30.1. The smallest absolute Gasteiger partial charge is 0.472 e. The highest BCUT2D eigenvalue weighted by Gasteiger charge is 2.28. The molecule has 0 bridgehead atoms. The number of phosphoric acid groups is 1. The predicted octanol–water partition coefficient (Wildman–Crippen LogP) is 14.0. The molecule has 0 spiro atoms. The lowest BCUT2D eigenvalue weighted by molar-refractivity contribution is -0.161. The van der Waals surface area contributed by atoms with Crippen LogP contribution in [0.25, 0.3) is 0 Å². The van der Waals surface area contributed by atoms with Gasteiger partial charge in [0.25, 0.3) is 0 Å². The van der Waals surface area contributed by atoms with Crippen molar-refractivity contribution in [3.8, 4) is 0 Å². The van der Waals surface area contributed by atoms with Gasteiger partial charge in [0.1, 0.15) is 12.6 Å². The van der Waals surface area contributed by atoms with Crippen molar-refractivity contribution in [1.82, 2.24) is 0 Å². The first-order valence-electron chi connectivity index (χ1n) is 25.0. The van der Waals surface area contributed by atoms with Crippen molar-refractivity contribution in [1.29, 1.82) is 0 Å². The number of hydrogen-bond donors (Lipinski definition) is 3. The zero-order chi connectivity index (χ0) is 45.6. The predicted molar refractivity (Wildman–Crippen MR) is 254 cm³/mol. The lowest BCUT2D eigenvalue weighted by Gasteiger charge is -2.20. The van der Waals surface area contributed by atoms with Gasteiger partial charge in [0.05, 0.1) is 13.2 Å². The van der Waals surface area contributed by atoms with Crippen molar-refractivity contribution in [3.05, 3.63) is 36.5 Å². The number of rotatable bonds is 47. The highest BCUT2D eigenvalue weighted by Crippen LogP contribution is 2.43. The van der Waals surface area contributed by atoms with Crippen LogP contribution in [-0.2, 0) is 37.5 Å². The average molecular weight is 898 g/mol. The quantitative estimate of drug-likeness (QED) is 0.0174. The summed E-state index contributed by atoms with van der Waals surface area (Å²) in [4.78, 5) is 46.1. The van der Waals surface area contributed by atoms with E-state index in [1.54, 1.807) is 0 Å². The van der Waals surface area contributed by atoms with Gasteiger partial charge in [-0.15, -0.1) is 0 Å². The Labute approximate surface area is 378 Å². The molecule has 4 N–H and O–H groups in total. The molecule has 12 heteroatoms. The molecule has 3 atom stereocenters. The molecule has 362 valence electrons. The van der Waals surface area contributed by atoms with E-state index in [0.717, 1.165) is 51.4 Å². The number of ether oxygens (including phenoxy) is 2. The van der Waals surface area contributed by atoms with Crippen LogP contribution >= 0.6 is 7.82 Å². The van der Waals surface area contributed by atoms with Crippen molar-refractivity contribution < 1.29 is 47.5 Å². The second-order valence-electron chi connectivity index (χ2n) is 17.0. The van der Waals surface area contributed by atoms with Crippen LogP contribution in [0.1, 0.15) is 232 Å². The topological polar surface area (TPSA) is 172 Å². The van der Waals surface area contributed by atoms with Gasteiger partial charge in [-0.1, -0.05) is 198 Å². The molecule has 0 rings (SSSR count). The minimum atomic E-state index is -4.73. The van der Waals surface area contributed by atoms with E-state index in [0.29, 0.717) is 19.3 Å². The second-order valence-corrected chi connectivity index (χ2v) is 18.4. The maximum absolute atomic E-state index is 12.7. The average Bonchev–Trinajstić information content (AvgIpc) is 3.25. The second kappa shape index (κ2) is 45.3. The van der Waals surface area contributed by atoms with Gasteiger partial charge < -0.3 is 25.2 Å². The first kappa shape index (κ1) is 59.7. The highest BCUT2D eigenvalue weighted by molar-refractivity contribution is 7.47. The van der Waals surface area contributed by atoms with Gasteiger partial charge in [-0.05, 0) is 57.8 Å². The fourth-order valence-corrected chi connectivity index (χ4v) is 7.72. The van der Waals surface area contributed by atoms with Gasteiger partial charge in [0, 0.05) is 12.8 Å². The normalized spacial score (nSPS) is 13.9. The number of phosphoric ester groups is 1. The van der Waals surface area contributed by atoms with Crippen LogP contribution in [0.5, 0.6) is 0 Å². The van der Waals surface area contributed by atoms with Crippen LogP contribution in [-0.4, -0.2) is 59.9 Å². The standard InChI is InChI=1S/C50H92NO10P/c1-3-5-7-9-11-13-15-17-19-20-21-22-23-24-25-26-28-30-32-34-36-38-40-42-49(53)61-46(44-59-62(56,57)60-45-47(51)50(54)55)43-58-48(52)41-39-37-35-33-31-29-27-18-16-14-12-10-8-6-4-2/h14,16,18,27,34,36,46-47H,3-13,15,17,19-26,28-33,35,37-45,51H2,1-2H3,(H,54,55)(H,56,57)/b16-14+,27-18+,36-34+/t46-,47-/m0/s1. The monoisotopic (exact) mass is 898 g/mol. The molecule has 62 heavy (non-hydrogen) atoms. The molecule has 0 saturated carbocycles. The Morgan fingerprint density at radius 2 is 0.871 bits per heavy atom. The van der Waals surface area contributed by atoms with Crippen LogP contribution in [0, 0.1) is 0 Å². The molecular weight excluding hydrogens is 806 g/mol. The molecule has 0 amide bonds. The van der Waals surface area contributed by atoms with Gasteiger partial charge in [0.2, 0.25) is 0 Å². The summed E-state index contributed by atoms with van der Waals surface area (Å²) in [7, 11) is -4.73. The molecule has 0 aromatic carbocycles. The van der Waals surface area contributed by atoms with E-state index in [4.69, 9.17) is 24.8 Å². The number of esters is 2. The molecule has 0 aromatic rings. The van der Waals surface area contributed by atoms with Crippen molar-refractivity contribution in [2.45, 2.75) is 244 Å². The van der Waals surface area contributed by atoms with Crippen LogP contribution in [0.2, 0.25) is 0 Å². The minimum Gasteiger partial charge on any atom is -0.480 e. The highest BCUT2D eigenvalue weighted by atomic mass is 31.2. The van der Waals surface area contributed by atoms with Crippen LogP contribution in [0.15, 0.2) is 36.5 Å². The molecule has 0 heterocycles. The molecule has 0 fully saturated rings. The molecule has 0 saturated heterocycles. The number of nitrogens with two attached hydrogens (primary N) is 1. The van der Waals surface area contributed by atoms with Crippen molar-refractivity contribution >= 4 is 25.7 Å². The van der Waals surface area contributed by atoms with Crippen LogP contribution in [0.3, 0.4) is 0 Å². The van der Waals surface area contributed by atoms with Gasteiger partial charge in [0.15, 0.2) is 6.10 Å². The Kier molecular flexibility index (Phi) is 43.6. The zero-order valence-electron chi connectivity index (χ0n) is 39.5. The molecule has 0 aromatic heterocycles. The van der Waals surface area contributed by atoms with E-state index in [1.807, 2.05) is 0 Å². The van der Waals surface area contributed by atoms with Gasteiger partial charge in [-0.2, -0.15) is 0 Å². The number of carbonyl (C=O) groups excluding carboxylic acids is 2. The Morgan fingerprint density at radius 3 is 1.34 bits per heavy atom. The summed E-state index contributed by atoms with van der Waals surface area (Å²) < 4.78 is 32.7. The third-order valence-corrected chi connectivity index (χ3v) is 11.8.